The first-order chi connectivity index (χ1) is 6.13. The molecule has 0 saturated carbocycles. The summed E-state index contributed by atoms with van der Waals surface area (Å²) < 4.78 is 0. The van der Waals surface area contributed by atoms with E-state index in [1.54, 1.807) is 6.92 Å². The number of nitrogens with zero attached hydrogens (tertiary/aromatic N) is 2. The summed E-state index contributed by atoms with van der Waals surface area (Å²) in [5.74, 6) is -0.204. The number of carbonyl (C=O) groups excluding carboxylic acids is 2. The molecule has 4 nitrogen and oxygen atoms in total. The average molecular weight is 202 g/mol. The van der Waals surface area contributed by atoms with Crippen molar-refractivity contribution in [1.82, 2.24) is 9.80 Å². The Morgan fingerprint density at radius 2 is 2.00 bits per heavy atom. The number of likely N-dealkylation sites (N-methyl/N-ethyl adjacent to an activating group) is 1. The molecule has 1 aliphatic rings. The van der Waals surface area contributed by atoms with Gasteiger partial charge in [-0.3, -0.25) is 9.69 Å². The second-order valence-electron chi connectivity index (χ2n) is 2.93. The van der Waals surface area contributed by atoms with Crippen molar-refractivity contribution in [2.75, 3.05) is 13.1 Å². The maximum atomic E-state index is 11.5. The van der Waals surface area contributed by atoms with Crippen molar-refractivity contribution in [3.05, 3.63) is 0 Å². The van der Waals surface area contributed by atoms with Gasteiger partial charge in [0.25, 0.3) is 5.91 Å². The molecule has 0 bridgehead atoms. The Morgan fingerprint density at radius 1 is 1.38 bits per heavy atom. The molecule has 1 fully saturated rings. The van der Waals surface area contributed by atoms with Crippen LogP contribution in [-0.2, 0) is 4.79 Å². The largest absolute Gasteiger partial charge is 0.328 e. The first kappa shape index (κ1) is 10.4. The van der Waals surface area contributed by atoms with Crippen LogP contribution in [0, 0.1) is 0 Å². The van der Waals surface area contributed by atoms with Crippen LogP contribution >= 0.6 is 12.6 Å². The first-order valence-electron chi connectivity index (χ1n) is 4.43. The van der Waals surface area contributed by atoms with Crippen LogP contribution in [0.3, 0.4) is 0 Å². The van der Waals surface area contributed by atoms with Crippen molar-refractivity contribution < 1.29 is 9.59 Å². The molecule has 1 unspecified atom stereocenters. The molecule has 1 aliphatic heterocycles. The fourth-order valence-electron chi connectivity index (χ4n) is 1.38. The minimum absolute atomic E-state index is 0.204. The Bertz CT molecular complexity index is 232. The van der Waals surface area contributed by atoms with Crippen molar-refractivity contribution in [3.8, 4) is 0 Å². The lowest BCUT2D eigenvalue weighted by Gasteiger charge is -2.16. The van der Waals surface area contributed by atoms with E-state index in [1.165, 1.54) is 9.80 Å². The molecule has 1 heterocycles. The van der Waals surface area contributed by atoms with E-state index >= 15 is 0 Å². The lowest BCUT2D eigenvalue weighted by Crippen LogP contribution is -2.33. The summed E-state index contributed by atoms with van der Waals surface area (Å²) >= 11 is 4.10. The Hall–Kier alpha value is -0.710. The van der Waals surface area contributed by atoms with E-state index in [1.807, 2.05) is 6.92 Å². The number of thiol groups is 1. The van der Waals surface area contributed by atoms with E-state index in [0.29, 0.717) is 13.1 Å². The van der Waals surface area contributed by atoms with Crippen LogP contribution in [0.1, 0.15) is 20.3 Å². The van der Waals surface area contributed by atoms with Crippen LogP contribution in [-0.4, -0.2) is 40.2 Å². The summed E-state index contributed by atoms with van der Waals surface area (Å²) in [5.41, 5.74) is 0. The second-order valence-corrected chi connectivity index (χ2v) is 3.42. The van der Waals surface area contributed by atoms with Crippen molar-refractivity contribution >= 4 is 24.6 Å². The lowest BCUT2D eigenvalue weighted by atomic mass is 10.4. The second kappa shape index (κ2) is 4.00. The Balaban J connectivity index is 2.78. The highest BCUT2D eigenvalue weighted by Crippen LogP contribution is 2.19. The number of rotatable bonds is 3. The van der Waals surface area contributed by atoms with Crippen LogP contribution in [0.15, 0.2) is 0 Å². The first-order valence-corrected chi connectivity index (χ1v) is 4.95. The monoisotopic (exact) mass is 202 g/mol. The number of carbonyl (C=O) groups is 2. The van der Waals surface area contributed by atoms with Gasteiger partial charge in [0.1, 0.15) is 0 Å². The summed E-state index contributed by atoms with van der Waals surface area (Å²) in [6, 6.07) is -0.214. The zero-order valence-corrected chi connectivity index (χ0v) is 8.75. The fraction of sp³-hybridized carbons (Fsp3) is 0.750. The molecule has 5 heteroatoms. The lowest BCUT2D eigenvalue weighted by molar-refractivity contribution is -0.126. The van der Waals surface area contributed by atoms with Gasteiger partial charge < -0.3 is 4.90 Å². The summed E-state index contributed by atoms with van der Waals surface area (Å²) in [5, 5.41) is -0.576. The molecule has 0 aromatic heterocycles. The SMILES string of the molecule is CCCN1C(=O)N(CC)C(=O)C1S. The predicted molar refractivity (Wildman–Crippen MR) is 52.6 cm³/mol. The van der Waals surface area contributed by atoms with Crippen LogP contribution < -0.4 is 0 Å². The summed E-state index contributed by atoms with van der Waals surface area (Å²) in [6.07, 6.45) is 0.841. The van der Waals surface area contributed by atoms with Crippen LogP contribution in [0.5, 0.6) is 0 Å². The molecule has 13 heavy (non-hydrogen) atoms. The predicted octanol–water partition coefficient (Wildman–Crippen LogP) is 0.936. The molecule has 1 saturated heterocycles. The molecule has 0 N–H and O–H groups in total. The van der Waals surface area contributed by atoms with Gasteiger partial charge in [0.2, 0.25) is 0 Å². The van der Waals surface area contributed by atoms with E-state index < -0.39 is 5.37 Å². The molecular formula is C8H14N2O2S. The van der Waals surface area contributed by atoms with Gasteiger partial charge in [-0.2, -0.15) is 0 Å². The highest BCUT2D eigenvalue weighted by atomic mass is 32.1. The Morgan fingerprint density at radius 3 is 2.38 bits per heavy atom. The molecule has 0 aliphatic carbocycles. The molecule has 0 spiro atoms. The quantitative estimate of drug-likeness (QED) is 0.546. The molecule has 3 amide bonds. The van der Waals surface area contributed by atoms with Gasteiger partial charge in [0, 0.05) is 13.1 Å². The van der Waals surface area contributed by atoms with Crippen molar-refractivity contribution in [3.63, 3.8) is 0 Å². The highest BCUT2D eigenvalue weighted by Gasteiger charge is 2.41. The number of imide groups is 1. The zero-order valence-electron chi connectivity index (χ0n) is 7.86. The number of hydrogen-bond donors (Lipinski definition) is 1. The summed E-state index contributed by atoms with van der Waals surface area (Å²) in [4.78, 5) is 25.7. The van der Waals surface area contributed by atoms with Crippen molar-refractivity contribution in [2.45, 2.75) is 25.6 Å². The number of urea groups is 1. The van der Waals surface area contributed by atoms with E-state index in [9.17, 15) is 9.59 Å². The Labute approximate surface area is 83.3 Å². The highest BCUT2D eigenvalue weighted by molar-refractivity contribution is 7.81. The molecule has 1 rings (SSSR count). The van der Waals surface area contributed by atoms with E-state index in [4.69, 9.17) is 0 Å². The van der Waals surface area contributed by atoms with Gasteiger partial charge in [-0.15, -0.1) is 12.6 Å². The third-order valence-electron chi connectivity index (χ3n) is 2.04. The van der Waals surface area contributed by atoms with Crippen LogP contribution in [0.4, 0.5) is 4.79 Å². The maximum absolute atomic E-state index is 11.5. The summed E-state index contributed by atoms with van der Waals surface area (Å²) in [7, 11) is 0. The van der Waals surface area contributed by atoms with Gasteiger partial charge in [-0.05, 0) is 13.3 Å². The van der Waals surface area contributed by atoms with E-state index in [0.717, 1.165) is 6.42 Å². The van der Waals surface area contributed by atoms with Gasteiger partial charge in [0.15, 0.2) is 5.37 Å². The van der Waals surface area contributed by atoms with E-state index in [2.05, 4.69) is 12.6 Å². The minimum Gasteiger partial charge on any atom is -0.303 e. The van der Waals surface area contributed by atoms with Gasteiger partial charge in [-0.25, -0.2) is 4.79 Å². The smallest absolute Gasteiger partial charge is 0.303 e. The topological polar surface area (TPSA) is 40.6 Å². The molecule has 74 valence electrons. The van der Waals surface area contributed by atoms with Crippen molar-refractivity contribution in [2.24, 2.45) is 0 Å². The van der Waals surface area contributed by atoms with Crippen LogP contribution in [0.25, 0.3) is 0 Å². The van der Waals surface area contributed by atoms with Crippen LogP contribution in [0.2, 0.25) is 0 Å². The fourth-order valence-corrected chi connectivity index (χ4v) is 1.73. The van der Waals surface area contributed by atoms with Gasteiger partial charge >= 0.3 is 6.03 Å². The average Bonchev–Trinajstić information content (AvgIpc) is 2.31. The molecular weight excluding hydrogens is 188 g/mol. The molecule has 0 aromatic carbocycles. The standard InChI is InChI=1S/C8H14N2O2S/c1-3-5-10-7(13)6(11)9(4-2)8(10)12/h7,13H,3-5H2,1-2H3. The van der Waals surface area contributed by atoms with Gasteiger partial charge in [-0.1, -0.05) is 6.92 Å². The molecule has 1 atom stereocenters. The molecule has 0 aromatic rings. The van der Waals surface area contributed by atoms with Crippen molar-refractivity contribution in [1.29, 1.82) is 0 Å². The maximum Gasteiger partial charge on any atom is 0.328 e. The number of hydrogen-bond acceptors (Lipinski definition) is 3. The zero-order chi connectivity index (χ0) is 10.0. The van der Waals surface area contributed by atoms with E-state index in [-0.39, 0.29) is 11.9 Å². The summed E-state index contributed by atoms with van der Waals surface area (Å²) in [6.45, 7) is 4.77. The third kappa shape index (κ3) is 1.65. The Kier molecular flexibility index (Phi) is 3.19. The minimum atomic E-state index is -0.576. The molecule has 0 radical (unpaired) electrons. The normalized spacial score (nSPS) is 23.2. The third-order valence-corrected chi connectivity index (χ3v) is 2.54. The number of amides is 3. The van der Waals surface area contributed by atoms with Gasteiger partial charge in [0.05, 0.1) is 0 Å².